The molecule has 2 nitrogen and oxygen atoms in total. The van der Waals surface area contributed by atoms with Crippen molar-refractivity contribution in [1.29, 1.82) is 0 Å². The van der Waals surface area contributed by atoms with E-state index in [-0.39, 0.29) is 5.25 Å². The van der Waals surface area contributed by atoms with Gasteiger partial charge in [-0.15, -0.1) is 11.3 Å². The number of hydrogen-bond acceptors (Lipinski definition) is 3. The lowest BCUT2D eigenvalue weighted by Gasteiger charge is -2.18. The summed E-state index contributed by atoms with van der Waals surface area (Å²) in [5.74, 6) is 0. The van der Waals surface area contributed by atoms with Crippen LogP contribution in [0.3, 0.4) is 0 Å². The van der Waals surface area contributed by atoms with Gasteiger partial charge in [0.15, 0.2) is 0 Å². The molecule has 0 saturated carbocycles. The van der Waals surface area contributed by atoms with E-state index in [1.54, 1.807) is 6.26 Å². The third kappa shape index (κ3) is 4.76. The summed E-state index contributed by atoms with van der Waals surface area (Å²) in [4.78, 5) is 1.42. The van der Waals surface area contributed by atoms with Crippen molar-refractivity contribution < 1.29 is 4.21 Å². The lowest BCUT2D eigenvalue weighted by molar-refractivity contribution is 0.498. The van der Waals surface area contributed by atoms with Crippen LogP contribution in [-0.4, -0.2) is 28.3 Å². The summed E-state index contributed by atoms with van der Waals surface area (Å²) in [6, 6.07) is 4.77. The SMILES string of the molecule is CCC(Cc1cccs1)NCC(C)S(C)=O. The Bertz CT molecular complexity index is 311. The molecule has 0 aliphatic heterocycles. The molecule has 1 N–H and O–H groups in total. The molecule has 3 atom stereocenters. The van der Waals surface area contributed by atoms with Gasteiger partial charge in [-0.25, -0.2) is 0 Å². The maximum Gasteiger partial charge on any atom is 0.0441 e. The van der Waals surface area contributed by atoms with E-state index in [4.69, 9.17) is 0 Å². The van der Waals surface area contributed by atoms with Crippen LogP contribution in [0.25, 0.3) is 0 Å². The molecule has 0 amide bonds. The van der Waals surface area contributed by atoms with Crippen LogP contribution in [0.5, 0.6) is 0 Å². The van der Waals surface area contributed by atoms with Crippen LogP contribution in [0.2, 0.25) is 0 Å². The van der Waals surface area contributed by atoms with Crippen LogP contribution in [0, 0.1) is 0 Å². The molecule has 0 aliphatic rings. The lowest BCUT2D eigenvalue weighted by Crippen LogP contribution is -2.36. The van der Waals surface area contributed by atoms with Crippen molar-refractivity contribution in [3.8, 4) is 0 Å². The molecule has 1 rings (SSSR count). The van der Waals surface area contributed by atoms with Crippen LogP contribution in [0.4, 0.5) is 0 Å². The predicted octanol–water partition coefficient (Wildman–Crippen LogP) is 2.43. The number of thiophene rings is 1. The molecular weight excluding hydrogens is 238 g/mol. The average molecular weight is 259 g/mol. The molecule has 92 valence electrons. The first-order valence-electron chi connectivity index (χ1n) is 5.71. The van der Waals surface area contributed by atoms with E-state index in [0.717, 1.165) is 19.4 Å². The second-order valence-corrected chi connectivity index (χ2v) is 6.94. The maximum atomic E-state index is 11.2. The van der Waals surface area contributed by atoms with Crippen molar-refractivity contribution in [1.82, 2.24) is 5.32 Å². The largest absolute Gasteiger partial charge is 0.312 e. The summed E-state index contributed by atoms with van der Waals surface area (Å²) >= 11 is 1.81. The summed E-state index contributed by atoms with van der Waals surface area (Å²) in [5, 5.41) is 5.85. The summed E-state index contributed by atoms with van der Waals surface area (Å²) in [7, 11) is -0.727. The van der Waals surface area contributed by atoms with E-state index in [1.165, 1.54) is 4.88 Å². The third-order valence-electron chi connectivity index (χ3n) is 2.78. The van der Waals surface area contributed by atoms with Crippen molar-refractivity contribution in [2.75, 3.05) is 12.8 Å². The highest BCUT2D eigenvalue weighted by molar-refractivity contribution is 7.84. The van der Waals surface area contributed by atoms with Crippen molar-refractivity contribution in [2.24, 2.45) is 0 Å². The second-order valence-electron chi connectivity index (χ2n) is 4.11. The van der Waals surface area contributed by atoms with Gasteiger partial charge < -0.3 is 5.32 Å². The minimum absolute atomic E-state index is 0.234. The highest BCUT2D eigenvalue weighted by atomic mass is 32.2. The van der Waals surface area contributed by atoms with Crippen LogP contribution in [-0.2, 0) is 17.2 Å². The van der Waals surface area contributed by atoms with Crippen LogP contribution < -0.4 is 5.32 Å². The van der Waals surface area contributed by atoms with E-state index in [2.05, 4.69) is 29.8 Å². The van der Waals surface area contributed by atoms with Gasteiger partial charge in [0.05, 0.1) is 0 Å². The van der Waals surface area contributed by atoms with Crippen LogP contribution in [0.15, 0.2) is 17.5 Å². The molecule has 16 heavy (non-hydrogen) atoms. The third-order valence-corrected chi connectivity index (χ3v) is 4.98. The molecule has 0 spiro atoms. The zero-order chi connectivity index (χ0) is 12.0. The monoisotopic (exact) mass is 259 g/mol. The zero-order valence-corrected chi connectivity index (χ0v) is 11.9. The summed E-state index contributed by atoms with van der Waals surface area (Å²) in [5.41, 5.74) is 0. The summed E-state index contributed by atoms with van der Waals surface area (Å²) in [6.07, 6.45) is 3.96. The van der Waals surface area contributed by atoms with Gasteiger partial charge in [0.2, 0.25) is 0 Å². The van der Waals surface area contributed by atoms with Crippen molar-refractivity contribution in [3.63, 3.8) is 0 Å². The lowest BCUT2D eigenvalue weighted by atomic mass is 10.1. The minimum Gasteiger partial charge on any atom is -0.312 e. The van der Waals surface area contributed by atoms with E-state index in [9.17, 15) is 4.21 Å². The van der Waals surface area contributed by atoms with E-state index in [1.807, 2.05) is 18.3 Å². The molecule has 0 aromatic carbocycles. The Morgan fingerprint density at radius 1 is 1.56 bits per heavy atom. The van der Waals surface area contributed by atoms with E-state index < -0.39 is 10.8 Å². The quantitative estimate of drug-likeness (QED) is 0.815. The fourth-order valence-corrected chi connectivity index (χ4v) is 2.60. The number of nitrogens with one attached hydrogen (secondary N) is 1. The zero-order valence-electron chi connectivity index (χ0n) is 10.2. The van der Waals surface area contributed by atoms with Gasteiger partial charge in [0.25, 0.3) is 0 Å². The Hall–Kier alpha value is -0.190. The first-order valence-corrected chi connectivity index (χ1v) is 8.21. The van der Waals surface area contributed by atoms with Crippen molar-refractivity contribution in [3.05, 3.63) is 22.4 Å². The minimum atomic E-state index is -0.727. The molecule has 0 aliphatic carbocycles. The van der Waals surface area contributed by atoms with Gasteiger partial charge in [0.1, 0.15) is 0 Å². The van der Waals surface area contributed by atoms with Crippen LogP contribution in [0.1, 0.15) is 25.1 Å². The molecule has 1 heterocycles. The Balaban J connectivity index is 2.35. The molecule has 3 unspecified atom stereocenters. The van der Waals surface area contributed by atoms with Gasteiger partial charge in [0, 0.05) is 39.8 Å². The second kappa shape index (κ2) is 7.20. The Labute approximate surface area is 105 Å². The maximum absolute atomic E-state index is 11.2. The molecule has 0 fully saturated rings. The van der Waals surface area contributed by atoms with Gasteiger partial charge in [-0.3, -0.25) is 4.21 Å². The summed E-state index contributed by atoms with van der Waals surface area (Å²) < 4.78 is 11.2. The topological polar surface area (TPSA) is 29.1 Å². The predicted molar refractivity (Wildman–Crippen MR) is 73.6 cm³/mol. The average Bonchev–Trinajstić information content (AvgIpc) is 2.76. The fraction of sp³-hybridized carbons (Fsp3) is 0.667. The molecule has 0 radical (unpaired) electrons. The standard InChI is InChI=1S/C12H21NOS2/c1-4-11(8-12-6-5-7-15-12)13-9-10(2)16(3)14/h5-7,10-11,13H,4,8-9H2,1-3H3. The molecule has 4 heteroatoms. The number of hydrogen-bond donors (Lipinski definition) is 1. The Kier molecular flexibility index (Phi) is 6.24. The van der Waals surface area contributed by atoms with Crippen LogP contribution >= 0.6 is 11.3 Å². The first-order chi connectivity index (χ1) is 7.63. The van der Waals surface area contributed by atoms with Crippen molar-refractivity contribution in [2.45, 2.75) is 38.0 Å². The fourth-order valence-electron chi connectivity index (χ4n) is 1.48. The normalized spacial score (nSPS) is 16.9. The van der Waals surface area contributed by atoms with Crippen molar-refractivity contribution >= 4 is 22.1 Å². The Morgan fingerprint density at radius 3 is 2.81 bits per heavy atom. The molecule has 1 aromatic heterocycles. The molecule has 0 saturated heterocycles. The Morgan fingerprint density at radius 2 is 2.31 bits per heavy atom. The van der Waals surface area contributed by atoms with Gasteiger partial charge in [-0.05, 0) is 31.2 Å². The van der Waals surface area contributed by atoms with Gasteiger partial charge in [-0.1, -0.05) is 13.0 Å². The molecular formula is C12H21NOS2. The summed E-state index contributed by atoms with van der Waals surface area (Å²) in [6.45, 7) is 5.06. The van der Waals surface area contributed by atoms with E-state index >= 15 is 0 Å². The first kappa shape index (κ1) is 13.9. The highest BCUT2D eigenvalue weighted by Crippen LogP contribution is 2.12. The number of rotatable bonds is 7. The van der Waals surface area contributed by atoms with E-state index in [0.29, 0.717) is 6.04 Å². The van der Waals surface area contributed by atoms with Gasteiger partial charge in [-0.2, -0.15) is 0 Å². The molecule has 1 aromatic rings. The highest BCUT2D eigenvalue weighted by Gasteiger charge is 2.11. The molecule has 0 bridgehead atoms. The smallest absolute Gasteiger partial charge is 0.0441 e. The van der Waals surface area contributed by atoms with Gasteiger partial charge >= 0.3 is 0 Å².